The fourth-order valence-corrected chi connectivity index (χ4v) is 5.90. The molecule has 6 nitrogen and oxygen atoms in total. The monoisotopic (exact) mass is 380 g/mol. The Labute approximate surface area is 157 Å². The third kappa shape index (κ3) is 3.99. The van der Waals surface area contributed by atoms with Crippen LogP contribution in [0.4, 0.5) is 0 Å². The van der Waals surface area contributed by atoms with Crippen molar-refractivity contribution < 1.29 is 8.42 Å². The lowest BCUT2D eigenvalue weighted by Gasteiger charge is -2.37. The summed E-state index contributed by atoms with van der Waals surface area (Å²) in [5.74, 6) is 0.587. The predicted molar refractivity (Wildman–Crippen MR) is 102 cm³/mol. The lowest BCUT2D eigenvalue weighted by molar-refractivity contribution is 0.0970. The van der Waals surface area contributed by atoms with E-state index >= 15 is 0 Å². The molecule has 3 fully saturated rings. The highest BCUT2D eigenvalue weighted by molar-refractivity contribution is 7.90. The first-order valence-corrected chi connectivity index (χ1v) is 12.1. The quantitative estimate of drug-likeness (QED) is 0.783. The van der Waals surface area contributed by atoms with Crippen LogP contribution in [0.25, 0.3) is 0 Å². The number of rotatable bonds is 5. The van der Waals surface area contributed by atoms with E-state index in [9.17, 15) is 8.42 Å². The summed E-state index contributed by atoms with van der Waals surface area (Å²) in [6, 6.07) is 0.688. The summed E-state index contributed by atoms with van der Waals surface area (Å²) in [7, 11) is -3.29. The van der Waals surface area contributed by atoms with Crippen molar-refractivity contribution in [3.63, 3.8) is 0 Å². The number of piperazine rings is 1. The maximum atomic E-state index is 12.2. The van der Waals surface area contributed by atoms with E-state index in [1.165, 1.54) is 57.7 Å². The number of fused-ring (bicyclic) bond motifs is 1. The molecule has 1 saturated carbocycles. The minimum atomic E-state index is -3.29. The fraction of sp³-hybridized carbons (Fsp3) is 0.842. The molecular weight excluding hydrogens is 348 g/mol. The topological polar surface area (TPSA) is 58.4 Å². The van der Waals surface area contributed by atoms with E-state index in [4.69, 9.17) is 0 Å². The largest absolute Gasteiger partial charge is 0.317 e. The highest BCUT2D eigenvalue weighted by atomic mass is 32.2. The van der Waals surface area contributed by atoms with Crippen LogP contribution in [0.1, 0.15) is 50.6 Å². The van der Waals surface area contributed by atoms with Crippen LogP contribution in [0.3, 0.4) is 0 Å². The third-order valence-corrected chi connectivity index (χ3v) is 7.44. The van der Waals surface area contributed by atoms with Gasteiger partial charge >= 0.3 is 0 Å². The van der Waals surface area contributed by atoms with Crippen LogP contribution in [0.5, 0.6) is 0 Å². The minimum absolute atomic E-state index is 0.262. The molecule has 0 amide bonds. The molecule has 0 spiro atoms. The molecule has 1 atom stereocenters. The number of imidazole rings is 1. The molecule has 1 aliphatic carbocycles. The zero-order chi connectivity index (χ0) is 18.1. The van der Waals surface area contributed by atoms with Crippen molar-refractivity contribution >= 4 is 9.84 Å². The smallest absolute Gasteiger partial charge is 0.227 e. The van der Waals surface area contributed by atoms with Gasteiger partial charge in [-0.15, -0.1) is 0 Å². The van der Waals surface area contributed by atoms with E-state index in [0.29, 0.717) is 12.0 Å². The molecule has 0 bridgehead atoms. The van der Waals surface area contributed by atoms with Crippen molar-refractivity contribution in [2.45, 2.75) is 69.2 Å². The maximum absolute atomic E-state index is 12.2. The first-order valence-electron chi connectivity index (χ1n) is 10.2. The lowest BCUT2D eigenvalue weighted by Crippen LogP contribution is -2.49. The molecule has 3 heterocycles. The van der Waals surface area contributed by atoms with Crippen LogP contribution in [0, 0.1) is 5.92 Å². The molecule has 146 valence electrons. The van der Waals surface area contributed by atoms with E-state index in [-0.39, 0.29) is 5.16 Å². The summed E-state index contributed by atoms with van der Waals surface area (Å²) in [6.07, 6.45) is 12.0. The van der Waals surface area contributed by atoms with Crippen LogP contribution in [-0.4, -0.2) is 66.2 Å². The molecule has 2 aliphatic heterocycles. The van der Waals surface area contributed by atoms with Crippen LogP contribution < -0.4 is 0 Å². The van der Waals surface area contributed by atoms with Gasteiger partial charge < -0.3 is 4.57 Å². The Balaban J connectivity index is 1.52. The molecule has 0 aromatic carbocycles. The highest BCUT2D eigenvalue weighted by Crippen LogP contribution is 2.28. The Morgan fingerprint density at radius 2 is 1.88 bits per heavy atom. The SMILES string of the molecule is CS(=O)(=O)c1ncc(CN2CCN3CCC[C@H]3C2)n1CC1CCCCC1. The summed E-state index contributed by atoms with van der Waals surface area (Å²) in [5.41, 5.74) is 1.07. The van der Waals surface area contributed by atoms with Gasteiger partial charge in [0.05, 0.1) is 11.9 Å². The van der Waals surface area contributed by atoms with Gasteiger partial charge in [0.2, 0.25) is 15.0 Å². The second-order valence-corrected chi connectivity index (χ2v) is 10.4. The molecule has 26 heavy (non-hydrogen) atoms. The Morgan fingerprint density at radius 3 is 2.65 bits per heavy atom. The summed E-state index contributed by atoms with van der Waals surface area (Å²) in [6.45, 7) is 6.18. The number of hydrogen-bond acceptors (Lipinski definition) is 5. The van der Waals surface area contributed by atoms with Gasteiger partial charge in [-0.3, -0.25) is 9.80 Å². The van der Waals surface area contributed by atoms with Crippen molar-refractivity contribution in [3.8, 4) is 0 Å². The molecule has 2 saturated heterocycles. The number of nitrogens with zero attached hydrogens (tertiary/aromatic N) is 4. The summed E-state index contributed by atoms with van der Waals surface area (Å²) < 4.78 is 26.5. The Kier molecular flexibility index (Phi) is 5.39. The van der Waals surface area contributed by atoms with Crippen molar-refractivity contribution in [1.82, 2.24) is 19.4 Å². The highest BCUT2D eigenvalue weighted by Gasteiger charge is 2.31. The number of hydrogen-bond donors (Lipinski definition) is 0. The molecule has 4 rings (SSSR count). The normalized spacial score (nSPS) is 26.3. The van der Waals surface area contributed by atoms with E-state index < -0.39 is 9.84 Å². The van der Waals surface area contributed by atoms with Crippen LogP contribution in [0.15, 0.2) is 11.4 Å². The Hall–Kier alpha value is -0.920. The van der Waals surface area contributed by atoms with E-state index in [1.54, 1.807) is 6.20 Å². The molecule has 0 N–H and O–H groups in total. The zero-order valence-corrected chi connectivity index (χ0v) is 16.8. The first kappa shape index (κ1) is 18.4. The van der Waals surface area contributed by atoms with Gasteiger partial charge in [0.25, 0.3) is 0 Å². The van der Waals surface area contributed by atoms with Crippen molar-refractivity contribution in [2.75, 3.05) is 32.4 Å². The van der Waals surface area contributed by atoms with Gasteiger partial charge in [-0.05, 0) is 38.1 Å². The predicted octanol–water partition coefficient (Wildman–Crippen LogP) is 2.15. The average Bonchev–Trinajstić information content (AvgIpc) is 3.22. The lowest BCUT2D eigenvalue weighted by atomic mass is 9.89. The van der Waals surface area contributed by atoms with Gasteiger partial charge in [-0.2, -0.15) is 0 Å². The van der Waals surface area contributed by atoms with Gasteiger partial charge in [0, 0.05) is 45.0 Å². The third-order valence-electron chi connectivity index (χ3n) is 6.46. The summed E-state index contributed by atoms with van der Waals surface area (Å²) in [5, 5.41) is 0.262. The van der Waals surface area contributed by atoms with Gasteiger partial charge in [-0.1, -0.05) is 19.3 Å². The summed E-state index contributed by atoms with van der Waals surface area (Å²) in [4.78, 5) is 9.42. The van der Waals surface area contributed by atoms with Crippen molar-refractivity contribution in [3.05, 3.63) is 11.9 Å². The Bertz CT molecular complexity index is 724. The average molecular weight is 381 g/mol. The molecule has 1 aromatic rings. The zero-order valence-electron chi connectivity index (χ0n) is 15.9. The summed E-state index contributed by atoms with van der Waals surface area (Å²) >= 11 is 0. The van der Waals surface area contributed by atoms with Crippen LogP contribution in [0.2, 0.25) is 0 Å². The first-order chi connectivity index (χ1) is 12.5. The number of aromatic nitrogens is 2. The second kappa shape index (κ2) is 7.60. The van der Waals surface area contributed by atoms with Gasteiger partial charge in [0.1, 0.15) is 0 Å². The van der Waals surface area contributed by atoms with Crippen molar-refractivity contribution in [1.29, 1.82) is 0 Å². The standard InChI is InChI=1S/C19H32N4O2S/c1-26(24,25)19-20-12-18(23(19)13-16-6-3-2-4-7-16)15-21-10-11-22-9-5-8-17(22)14-21/h12,16-17H,2-11,13-15H2,1H3/t17-/m0/s1. The molecular formula is C19H32N4O2S. The second-order valence-electron chi connectivity index (χ2n) is 8.49. The molecule has 0 unspecified atom stereocenters. The van der Waals surface area contributed by atoms with E-state index in [2.05, 4.69) is 14.8 Å². The van der Waals surface area contributed by atoms with Gasteiger partial charge in [0.15, 0.2) is 0 Å². The minimum Gasteiger partial charge on any atom is -0.317 e. The fourth-order valence-electron chi connectivity index (χ4n) is 5.07. The van der Waals surface area contributed by atoms with E-state index in [0.717, 1.165) is 38.4 Å². The van der Waals surface area contributed by atoms with Crippen LogP contribution in [-0.2, 0) is 22.9 Å². The molecule has 7 heteroatoms. The molecule has 0 radical (unpaired) electrons. The van der Waals surface area contributed by atoms with Gasteiger partial charge in [-0.25, -0.2) is 13.4 Å². The molecule has 3 aliphatic rings. The number of sulfone groups is 1. The van der Waals surface area contributed by atoms with Crippen molar-refractivity contribution in [2.24, 2.45) is 5.92 Å². The van der Waals surface area contributed by atoms with E-state index in [1.807, 2.05) is 4.57 Å². The maximum Gasteiger partial charge on any atom is 0.227 e. The Morgan fingerprint density at radius 1 is 1.08 bits per heavy atom. The molecule has 1 aromatic heterocycles. The van der Waals surface area contributed by atoms with Crippen LogP contribution >= 0.6 is 0 Å².